The van der Waals surface area contributed by atoms with Crippen molar-refractivity contribution in [3.8, 4) is 11.5 Å². The van der Waals surface area contributed by atoms with E-state index < -0.39 is 0 Å². The zero-order valence-electron chi connectivity index (χ0n) is 9.15. The third-order valence-corrected chi connectivity index (χ3v) is 2.47. The summed E-state index contributed by atoms with van der Waals surface area (Å²) in [7, 11) is 3.26. The van der Waals surface area contributed by atoms with Gasteiger partial charge in [0.1, 0.15) is 0 Å². The molecule has 4 heteroatoms. The molecule has 0 fully saturated rings. The lowest BCUT2D eigenvalue weighted by Crippen LogP contribution is -1.93. The molecule has 1 aromatic carbocycles. The number of fused-ring (bicyclic) bond motifs is 1. The fourth-order valence-electron chi connectivity index (χ4n) is 1.64. The number of nitrogens with zero attached hydrogens (tertiary/aromatic N) is 2. The van der Waals surface area contributed by atoms with Crippen LogP contribution in [0.5, 0.6) is 11.5 Å². The van der Waals surface area contributed by atoms with E-state index in [-0.39, 0.29) is 0 Å². The number of benzene rings is 1. The molecule has 2 aromatic rings. The molecule has 0 aliphatic heterocycles. The molecule has 2 rings (SSSR count). The van der Waals surface area contributed by atoms with Gasteiger partial charge in [-0.25, -0.2) is 4.98 Å². The maximum Gasteiger partial charge on any atom is 0.163 e. The summed E-state index contributed by atoms with van der Waals surface area (Å²) < 4.78 is 12.5. The van der Waals surface area contributed by atoms with Crippen LogP contribution in [0.1, 0.15) is 6.92 Å². The largest absolute Gasteiger partial charge is 0.493 e. The van der Waals surface area contributed by atoms with Gasteiger partial charge in [-0.1, -0.05) is 0 Å². The molecule has 0 radical (unpaired) electrons. The van der Waals surface area contributed by atoms with Crippen LogP contribution in [0.15, 0.2) is 18.5 Å². The van der Waals surface area contributed by atoms with Gasteiger partial charge in [0.15, 0.2) is 11.5 Å². The Hall–Kier alpha value is -1.71. The summed E-state index contributed by atoms with van der Waals surface area (Å²) in [5.74, 6) is 1.45. The average Bonchev–Trinajstić information content (AvgIpc) is 2.68. The molecule has 1 aromatic heterocycles. The van der Waals surface area contributed by atoms with Crippen molar-refractivity contribution in [1.29, 1.82) is 0 Å². The number of hydrogen-bond acceptors (Lipinski definition) is 3. The van der Waals surface area contributed by atoms with Gasteiger partial charge in [-0.3, -0.25) is 0 Å². The predicted octanol–water partition coefficient (Wildman–Crippen LogP) is 2.07. The van der Waals surface area contributed by atoms with Crippen LogP contribution in [0.2, 0.25) is 0 Å². The van der Waals surface area contributed by atoms with Gasteiger partial charge in [-0.15, -0.1) is 0 Å². The molecular formula is C11H14N2O2. The van der Waals surface area contributed by atoms with Gasteiger partial charge in [0.05, 0.1) is 31.6 Å². The Morgan fingerprint density at radius 2 is 1.87 bits per heavy atom. The molecular weight excluding hydrogens is 192 g/mol. The Labute approximate surface area is 88.4 Å². The molecule has 0 bridgehead atoms. The molecule has 0 amide bonds. The van der Waals surface area contributed by atoms with Crippen molar-refractivity contribution in [2.75, 3.05) is 14.2 Å². The summed E-state index contributed by atoms with van der Waals surface area (Å²) in [6.45, 7) is 2.98. The van der Waals surface area contributed by atoms with E-state index in [1.807, 2.05) is 18.5 Å². The minimum absolute atomic E-state index is 0.714. The highest BCUT2D eigenvalue weighted by molar-refractivity contribution is 5.79. The summed E-state index contributed by atoms with van der Waals surface area (Å²) in [5, 5.41) is 0. The fraction of sp³-hybridized carbons (Fsp3) is 0.364. The maximum absolute atomic E-state index is 5.25. The lowest BCUT2D eigenvalue weighted by Gasteiger charge is -2.07. The van der Waals surface area contributed by atoms with Crippen molar-refractivity contribution < 1.29 is 9.47 Å². The predicted molar refractivity (Wildman–Crippen MR) is 58.5 cm³/mol. The van der Waals surface area contributed by atoms with Crippen molar-refractivity contribution in [2.45, 2.75) is 13.5 Å². The Kier molecular flexibility index (Phi) is 2.49. The summed E-state index contributed by atoms with van der Waals surface area (Å²) in [5.41, 5.74) is 1.99. The zero-order chi connectivity index (χ0) is 10.8. The molecule has 0 spiro atoms. The first-order valence-corrected chi connectivity index (χ1v) is 4.87. The summed E-state index contributed by atoms with van der Waals surface area (Å²) in [4.78, 5) is 4.30. The smallest absolute Gasteiger partial charge is 0.163 e. The SMILES string of the molecule is CCn1cnc2cc(OC)c(OC)cc21. The van der Waals surface area contributed by atoms with Gasteiger partial charge < -0.3 is 14.0 Å². The van der Waals surface area contributed by atoms with E-state index in [0.717, 1.165) is 23.3 Å². The van der Waals surface area contributed by atoms with Crippen molar-refractivity contribution in [2.24, 2.45) is 0 Å². The van der Waals surface area contributed by atoms with Crippen LogP contribution in [-0.4, -0.2) is 23.8 Å². The van der Waals surface area contributed by atoms with E-state index in [2.05, 4.69) is 16.5 Å². The van der Waals surface area contributed by atoms with Crippen LogP contribution in [0.4, 0.5) is 0 Å². The van der Waals surface area contributed by atoms with Crippen LogP contribution in [0, 0.1) is 0 Å². The van der Waals surface area contributed by atoms with Crippen LogP contribution >= 0.6 is 0 Å². The second kappa shape index (κ2) is 3.81. The normalized spacial score (nSPS) is 10.6. The first kappa shape index (κ1) is 9.83. The van der Waals surface area contributed by atoms with Gasteiger partial charge in [0, 0.05) is 18.7 Å². The van der Waals surface area contributed by atoms with Crippen LogP contribution in [-0.2, 0) is 6.54 Å². The number of rotatable bonds is 3. The van der Waals surface area contributed by atoms with Gasteiger partial charge in [0.25, 0.3) is 0 Å². The summed E-state index contributed by atoms with van der Waals surface area (Å²) in [6, 6.07) is 3.84. The number of hydrogen-bond donors (Lipinski definition) is 0. The van der Waals surface area contributed by atoms with E-state index in [1.165, 1.54) is 0 Å². The third kappa shape index (κ3) is 1.52. The van der Waals surface area contributed by atoms with E-state index in [4.69, 9.17) is 9.47 Å². The second-order valence-electron chi connectivity index (χ2n) is 3.23. The fourth-order valence-corrected chi connectivity index (χ4v) is 1.64. The molecule has 0 aliphatic rings. The first-order valence-electron chi connectivity index (χ1n) is 4.87. The maximum atomic E-state index is 5.25. The lowest BCUT2D eigenvalue weighted by molar-refractivity contribution is 0.355. The third-order valence-electron chi connectivity index (χ3n) is 2.47. The van der Waals surface area contributed by atoms with Crippen molar-refractivity contribution >= 4 is 11.0 Å². The van der Waals surface area contributed by atoms with Crippen molar-refractivity contribution in [3.05, 3.63) is 18.5 Å². The van der Waals surface area contributed by atoms with Gasteiger partial charge in [0.2, 0.25) is 0 Å². The minimum atomic E-state index is 0.714. The van der Waals surface area contributed by atoms with Gasteiger partial charge in [-0.2, -0.15) is 0 Å². The molecule has 0 saturated heterocycles. The van der Waals surface area contributed by atoms with E-state index in [1.54, 1.807) is 14.2 Å². The second-order valence-corrected chi connectivity index (χ2v) is 3.23. The highest BCUT2D eigenvalue weighted by Gasteiger charge is 2.09. The molecule has 0 aliphatic carbocycles. The molecule has 0 saturated carbocycles. The molecule has 0 N–H and O–H groups in total. The van der Waals surface area contributed by atoms with E-state index in [9.17, 15) is 0 Å². The number of imidazole rings is 1. The number of aromatic nitrogens is 2. The standard InChI is InChI=1S/C11H14N2O2/c1-4-13-7-12-8-5-10(14-2)11(15-3)6-9(8)13/h5-7H,4H2,1-3H3. The first-order chi connectivity index (χ1) is 7.30. The minimum Gasteiger partial charge on any atom is -0.493 e. The Morgan fingerprint density at radius 1 is 1.20 bits per heavy atom. The Morgan fingerprint density at radius 3 is 2.47 bits per heavy atom. The lowest BCUT2D eigenvalue weighted by atomic mass is 10.2. The van der Waals surface area contributed by atoms with Gasteiger partial charge >= 0.3 is 0 Å². The monoisotopic (exact) mass is 206 g/mol. The number of aryl methyl sites for hydroxylation is 1. The van der Waals surface area contributed by atoms with Crippen LogP contribution < -0.4 is 9.47 Å². The molecule has 0 unspecified atom stereocenters. The number of methoxy groups -OCH3 is 2. The van der Waals surface area contributed by atoms with Crippen molar-refractivity contribution in [3.63, 3.8) is 0 Å². The van der Waals surface area contributed by atoms with E-state index in [0.29, 0.717) is 5.75 Å². The summed E-state index contributed by atoms with van der Waals surface area (Å²) in [6.07, 6.45) is 1.82. The Balaban J connectivity index is 2.66. The molecule has 80 valence electrons. The van der Waals surface area contributed by atoms with Gasteiger partial charge in [-0.05, 0) is 6.92 Å². The van der Waals surface area contributed by atoms with Crippen LogP contribution in [0.25, 0.3) is 11.0 Å². The molecule has 15 heavy (non-hydrogen) atoms. The highest BCUT2D eigenvalue weighted by Crippen LogP contribution is 2.31. The molecule has 1 heterocycles. The Bertz CT molecular complexity index is 477. The number of ether oxygens (including phenoxy) is 2. The zero-order valence-corrected chi connectivity index (χ0v) is 9.15. The summed E-state index contributed by atoms with van der Waals surface area (Å²) >= 11 is 0. The van der Waals surface area contributed by atoms with Crippen molar-refractivity contribution in [1.82, 2.24) is 9.55 Å². The van der Waals surface area contributed by atoms with E-state index >= 15 is 0 Å². The molecule has 4 nitrogen and oxygen atoms in total. The molecule has 0 atom stereocenters. The van der Waals surface area contributed by atoms with Crippen LogP contribution in [0.3, 0.4) is 0 Å². The quantitative estimate of drug-likeness (QED) is 0.771. The topological polar surface area (TPSA) is 36.3 Å². The average molecular weight is 206 g/mol. The highest BCUT2D eigenvalue weighted by atomic mass is 16.5.